The first-order chi connectivity index (χ1) is 10.2. The summed E-state index contributed by atoms with van der Waals surface area (Å²) in [4.78, 5) is 4.03. The molecule has 0 fully saturated rings. The summed E-state index contributed by atoms with van der Waals surface area (Å²) >= 11 is 0. The number of hydrogen-bond acceptors (Lipinski definition) is 3. The average Bonchev–Trinajstić information content (AvgIpc) is 2.99. The summed E-state index contributed by atoms with van der Waals surface area (Å²) in [5.41, 5.74) is 2.29. The highest BCUT2D eigenvalue weighted by molar-refractivity contribution is 5.27. The molecule has 1 heterocycles. The van der Waals surface area contributed by atoms with Crippen molar-refractivity contribution in [3.8, 4) is 5.75 Å². The van der Waals surface area contributed by atoms with Gasteiger partial charge in [-0.05, 0) is 43.2 Å². The quantitative estimate of drug-likeness (QED) is 0.568. The molecule has 21 heavy (non-hydrogen) atoms. The molecule has 0 unspecified atom stereocenters. The van der Waals surface area contributed by atoms with Gasteiger partial charge < -0.3 is 14.6 Å². The molecule has 0 aliphatic heterocycles. The van der Waals surface area contributed by atoms with E-state index in [2.05, 4.69) is 33.6 Å². The van der Waals surface area contributed by atoms with Gasteiger partial charge in [-0.2, -0.15) is 0 Å². The van der Waals surface area contributed by atoms with Crippen LogP contribution in [0.4, 0.5) is 0 Å². The molecule has 4 nitrogen and oxygen atoms in total. The second kappa shape index (κ2) is 8.27. The van der Waals surface area contributed by atoms with Gasteiger partial charge in [0.25, 0.3) is 0 Å². The van der Waals surface area contributed by atoms with Crippen molar-refractivity contribution in [3.05, 3.63) is 60.7 Å². The highest BCUT2D eigenvalue weighted by atomic mass is 16.5. The maximum Gasteiger partial charge on any atom is 0.119 e. The Labute approximate surface area is 126 Å². The SMILES string of the molecule is C=C(C)COc1ccc(CNCCCn2ccnc2)cc1. The number of ether oxygens (including phenoxy) is 1. The van der Waals surface area contributed by atoms with Crippen LogP contribution in [0, 0.1) is 0 Å². The summed E-state index contributed by atoms with van der Waals surface area (Å²) in [5, 5.41) is 3.45. The van der Waals surface area contributed by atoms with Crippen LogP contribution >= 0.6 is 0 Å². The van der Waals surface area contributed by atoms with Gasteiger partial charge >= 0.3 is 0 Å². The van der Waals surface area contributed by atoms with Crippen molar-refractivity contribution in [1.82, 2.24) is 14.9 Å². The van der Waals surface area contributed by atoms with Gasteiger partial charge in [-0.1, -0.05) is 18.7 Å². The monoisotopic (exact) mass is 285 g/mol. The number of imidazole rings is 1. The van der Waals surface area contributed by atoms with Crippen LogP contribution in [0.25, 0.3) is 0 Å². The maximum absolute atomic E-state index is 5.58. The van der Waals surface area contributed by atoms with Crippen LogP contribution in [0.2, 0.25) is 0 Å². The lowest BCUT2D eigenvalue weighted by molar-refractivity contribution is 0.352. The van der Waals surface area contributed by atoms with E-state index in [0.29, 0.717) is 6.61 Å². The Hall–Kier alpha value is -2.07. The molecule has 0 amide bonds. The Balaban J connectivity index is 1.63. The van der Waals surface area contributed by atoms with E-state index in [1.165, 1.54) is 5.56 Å². The van der Waals surface area contributed by atoms with Crippen LogP contribution in [-0.2, 0) is 13.1 Å². The van der Waals surface area contributed by atoms with E-state index >= 15 is 0 Å². The molecular formula is C17H23N3O. The van der Waals surface area contributed by atoms with E-state index in [-0.39, 0.29) is 0 Å². The lowest BCUT2D eigenvalue weighted by Crippen LogP contribution is -2.16. The van der Waals surface area contributed by atoms with Crippen LogP contribution < -0.4 is 10.1 Å². The topological polar surface area (TPSA) is 39.1 Å². The lowest BCUT2D eigenvalue weighted by atomic mass is 10.2. The van der Waals surface area contributed by atoms with E-state index in [0.717, 1.165) is 37.4 Å². The molecule has 0 spiro atoms. The van der Waals surface area contributed by atoms with Crippen LogP contribution in [0.3, 0.4) is 0 Å². The van der Waals surface area contributed by atoms with E-state index in [4.69, 9.17) is 4.74 Å². The van der Waals surface area contributed by atoms with Gasteiger partial charge in [-0.25, -0.2) is 4.98 Å². The third kappa shape index (κ3) is 5.83. The predicted octanol–water partition coefficient (Wildman–Crippen LogP) is 3.02. The molecule has 1 aromatic heterocycles. The molecule has 0 atom stereocenters. The fourth-order valence-electron chi connectivity index (χ4n) is 1.95. The van der Waals surface area contributed by atoms with Crippen molar-refractivity contribution in [1.29, 1.82) is 0 Å². The molecule has 0 saturated heterocycles. The van der Waals surface area contributed by atoms with Gasteiger partial charge in [0.2, 0.25) is 0 Å². The number of rotatable bonds is 9. The normalized spacial score (nSPS) is 10.5. The molecule has 1 aromatic carbocycles. The molecule has 0 bridgehead atoms. The Kier molecular flexibility index (Phi) is 6.03. The van der Waals surface area contributed by atoms with Gasteiger partial charge in [0.1, 0.15) is 12.4 Å². The Morgan fingerprint density at radius 2 is 2.14 bits per heavy atom. The van der Waals surface area contributed by atoms with Gasteiger partial charge in [-0.15, -0.1) is 0 Å². The molecule has 4 heteroatoms. The smallest absolute Gasteiger partial charge is 0.119 e. The summed E-state index contributed by atoms with van der Waals surface area (Å²) in [6.07, 6.45) is 6.74. The first-order valence-electron chi connectivity index (χ1n) is 7.26. The Morgan fingerprint density at radius 1 is 1.33 bits per heavy atom. The molecule has 2 aromatic rings. The highest BCUT2D eigenvalue weighted by Crippen LogP contribution is 2.12. The largest absolute Gasteiger partial charge is 0.489 e. The second-order valence-electron chi connectivity index (χ2n) is 5.22. The Morgan fingerprint density at radius 3 is 2.81 bits per heavy atom. The molecule has 0 aliphatic carbocycles. The third-order valence-electron chi connectivity index (χ3n) is 3.07. The predicted molar refractivity (Wildman–Crippen MR) is 85.3 cm³/mol. The van der Waals surface area contributed by atoms with Crippen molar-refractivity contribution in [2.24, 2.45) is 0 Å². The number of nitrogens with one attached hydrogen (secondary N) is 1. The minimum absolute atomic E-state index is 0.575. The van der Waals surface area contributed by atoms with E-state index in [1.807, 2.05) is 37.8 Å². The van der Waals surface area contributed by atoms with E-state index < -0.39 is 0 Å². The third-order valence-corrected chi connectivity index (χ3v) is 3.07. The highest BCUT2D eigenvalue weighted by Gasteiger charge is 1.96. The minimum Gasteiger partial charge on any atom is -0.489 e. The molecular weight excluding hydrogens is 262 g/mol. The van der Waals surface area contributed by atoms with Crippen molar-refractivity contribution in [2.75, 3.05) is 13.2 Å². The fraction of sp³-hybridized carbons (Fsp3) is 0.353. The number of nitrogens with zero attached hydrogens (tertiary/aromatic N) is 2. The lowest BCUT2D eigenvalue weighted by Gasteiger charge is -2.08. The fourth-order valence-corrected chi connectivity index (χ4v) is 1.95. The van der Waals surface area contributed by atoms with Crippen LogP contribution in [0.5, 0.6) is 5.75 Å². The first kappa shape index (κ1) is 15.3. The first-order valence-corrected chi connectivity index (χ1v) is 7.26. The molecule has 0 radical (unpaired) electrons. The summed E-state index contributed by atoms with van der Waals surface area (Å²) in [7, 11) is 0. The van der Waals surface area contributed by atoms with Gasteiger partial charge in [-0.3, -0.25) is 0 Å². The maximum atomic E-state index is 5.58. The van der Waals surface area contributed by atoms with Crippen molar-refractivity contribution < 1.29 is 4.74 Å². The molecule has 2 rings (SSSR count). The van der Waals surface area contributed by atoms with Crippen molar-refractivity contribution >= 4 is 0 Å². The Bertz CT molecular complexity index is 532. The number of hydrogen-bond donors (Lipinski definition) is 1. The summed E-state index contributed by atoms with van der Waals surface area (Å²) in [6, 6.07) is 8.20. The molecule has 0 aliphatic rings. The zero-order valence-corrected chi connectivity index (χ0v) is 12.6. The van der Waals surface area contributed by atoms with Gasteiger partial charge in [0.15, 0.2) is 0 Å². The van der Waals surface area contributed by atoms with Gasteiger partial charge in [0.05, 0.1) is 6.33 Å². The summed E-state index contributed by atoms with van der Waals surface area (Å²) in [5.74, 6) is 0.891. The van der Waals surface area contributed by atoms with Crippen LogP contribution in [0.15, 0.2) is 55.1 Å². The van der Waals surface area contributed by atoms with Crippen molar-refractivity contribution in [2.45, 2.75) is 26.4 Å². The zero-order chi connectivity index (χ0) is 14.9. The van der Waals surface area contributed by atoms with E-state index in [9.17, 15) is 0 Å². The van der Waals surface area contributed by atoms with Gasteiger partial charge in [0, 0.05) is 25.5 Å². The second-order valence-corrected chi connectivity index (χ2v) is 5.22. The molecule has 0 saturated carbocycles. The van der Waals surface area contributed by atoms with E-state index in [1.54, 1.807) is 0 Å². The van der Waals surface area contributed by atoms with Crippen LogP contribution in [-0.4, -0.2) is 22.7 Å². The van der Waals surface area contributed by atoms with Crippen LogP contribution in [0.1, 0.15) is 18.9 Å². The standard InChI is InChI=1S/C17H23N3O/c1-15(2)13-21-17-6-4-16(5-7-17)12-18-8-3-10-20-11-9-19-14-20/h4-7,9,11,14,18H,1,3,8,10,12-13H2,2H3. The number of aromatic nitrogens is 2. The summed E-state index contributed by atoms with van der Waals surface area (Å²) in [6.45, 7) is 9.23. The zero-order valence-electron chi connectivity index (χ0n) is 12.6. The minimum atomic E-state index is 0.575. The molecule has 112 valence electrons. The van der Waals surface area contributed by atoms with Crippen molar-refractivity contribution in [3.63, 3.8) is 0 Å². The molecule has 1 N–H and O–H groups in total. The average molecular weight is 285 g/mol. The number of benzene rings is 1. The summed E-state index contributed by atoms with van der Waals surface area (Å²) < 4.78 is 7.67. The number of aryl methyl sites for hydroxylation is 1.